The fraction of sp³-hybridized carbons (Fsp3) is 0.348. The Morgan fingerprint density at radius 3 is 2.52 bits per heavy atom. The number of amides is 2. The number of rotatable bonds is 6. The molecule has 10 heteroatoms. The SMILES string of the molecule is COc1cc(/C=C2\SC(=S)N(n3c(C)ccc3C)C2=O)ccc1OCC(=O)N1CCOCC1. The molecule has 174 valence electrons. The van der Waals surface area contributed by atoms with Gasteiger partial charge in [0.15, 0.2) is 22.4 Å². The first kappa shape index (κ1) is 23.3. The van der Waals surface area contributed by atoms with E-state index in [4.69, 9.17) is 26.4 Å². The van der Waals surface area contributed by atoms with E-state index in [9.17, 15) is 9.59 Å². The van der Waals surface area contributed by atoms with Crippen LogP contribution in [0.4, 0.5) is 0 Å². The van der Waals surface area contributed by atoms with Gasteiger partial charge in [0.05, 0.1) is 25.2 Å². The highest BCUT2D eigenvalue weighted by Crippen LogP contribution is 2.35. The van der Waals surface area contributed by atoms with E-state index in [2.05, 4.69) is 0 Å². The zero-order chi connectivity index (χ0) is 23.5. The van der Waals surface area contributed by atoms with Crippen molar-refractivity contribution >= 4 is 46.2 Å². The topological polar surface area (TPSA) is 73.2 Å². The molecule has 2 amide bonds. The predicted molar refractivity (Wildman–Crippen MR) is 131 cm³/mol. The summed E-state index contributed by atoms with van der Waals surface area (Å²) < 4.78 is 18.7. The third-order valence-electron chi connectivity index (χ3n) is 5.41. The summed E-state index contributed by atoms with van der Waals surface area (Å²) in [4.78, 5) is 27.7. The van der Waals surface area contributed by atoms with E-state index in [1.165, 1.54) is 23.9 Å². The minimum atomic E-state index is -0.178. The Hall–Kier alpha value is -2.82. The molecule has 2 aromatic rings. The van der Waals surface area contributed by atoms with E-state index >= 15 is 0 Å². The number of carbonyl (C=O) groups is 2. The largest absolute Gasteiger partial charge is 0.493 e. The Labute approximate surface area is 202 Å². The number of ether oxygens (including phenoxy) is 3. The monoisotopic (exact) mass is 487 g/mol. The van der Waals surface area contributed by atoms with Gasteiger partial charge >= 0.3 is 0 Å². The van der Waals surface area contributed by atoms with E-state index in [0.717, 1.165) is 17.0 Å². The van der Waals surface area contributed by atoms with Crippen LogP contribution in [0.25, 0.3) is 6.08 Å². The van der Waals surface area contributed by atoms with Crippen molar-refractivity contribution in [3.8, 4) is 11.5 Å². The average Bonchev–Trinajstić information content (AvgIpc) is 3.29. The summed E-state index contributed by atoms with van der Waals surface area (Å²) >= 11 is 6.73. The predicted octanol–water partition coefficient (Wildman–Crippen LogP) is 2.89. The molecule has 33 heavy (non-hydrogen) atoms. The standard InChI is InChI=1S/C23H25N3O5S2/c1-15-4-5-16(2)25(15)26-22(28)20(33-23(26)32)13-17-6-7-18(19(12-17)29-3)31-14-21(27)24-8-10-30-11-9-24/h4-7,12-13H,8-11,14H2,1-3H3/b20-13-. The second kappa shape index (κ2) is 9.98. The summed E-state index contributed by atoms with van der Waals surface area (Å²) in [5.74, 6) is 0.667. The quantitative estimate of drug-likeness (QED) is 0.458. The maximum Gasteiger partial charge on any atom is 0.285 e. The Balaban J connectivity index is 1.49. The van der Waals surface area contributed by atoms with E-state index in [1.807, 2.05) is 36.7 Å². The number of aryl methyl sites for hydroxylation is 2. The molecule has 0 unspecified atom stereocenters. The highest BCUT2D eigenvalue weighted by Gasteiger charge is 2.34. The highest BCUT2D eigenvalue weighted by atomic mass is 32.2. The Morgan fingerprint density at radius 1 is 1.15 bits per heavy atom. The number of hydrogen-bond donors (Lipinski definition) is 0. The molecular weight excluding hydrogens is 462 g/mol. The number of carbonyl (C=O) groups excluding carboxylic acids is 2. The number of benzene rings is 1. The van der Waals surface area contributed by atoms with Gasteiger partial charge in [0, 0.05) is 24.5 Å². The summed E-state index contributed by atoms with van der Waals surface area (Å²) in [7, 11) is 1.53. The lowest BCUT2D eigenvalue weighted by atomic mass is 10.2. The maximum absolute atomic E-state index is 13.1. The van der Waals surface area contributed by atoms with Crippen LogP contribution < -0.4 is 14.5 Å². The lowest BCUT2D eigenvalue weighted by Gasteiger charge is -2.26. The second-order valence-corrected chi connectivity index (χ2v) is 9.29. The van der Waals surface area contributed by atoms with Gasteiger partial charge in [-0.1, -0.05) is 17.8 Å². The molecule has 4 rings (SSSR count). The van der Waals surface area contributed by atoms with Gasteiger partial charge in [-0.3, -0.25) is 14.3 Å². The van der Waals surface area contributed by atoms with Crippen molar-refractivity contribution in [1.29, 1.82) is 0 Å². The second-order valence-electron chi connectivity index (χ2n) is 7.61. The van der Waals surface area contributed by atoms with Crippen molar-refractivity contribution in [2.75, 3.05) is 45.0 Å². The number of nitrogens with zero attached hydrogens (tertiary/aromatic N) is 3. The molecule has 1 aromatic heterocycles. The van der Waals surface area contributed by atoms with Crippen molar-refractivity contribution in [3.05, 3.63) is 52.2 Å². The van der Waals surface area contributed by atoms with Gasteiger partial charge in [0.25, 0.3) is 11.8 Å². The van der Waals surface area contributed by atoms with E-state index in [0.29, 0.717) is 47.0 Å². The van der Waals surface area contributed by atoms with Crippen LogP contribution in [-0.2, 0) is 14.3 Å². The molecule has 0 aliphatic carbocycles. The van der Waals surface area contributed by atoms with Gasteiger partial charge in [-0.15, -0.1) is 0 Å². The third kappa shape index (κ3) is 4.92. The molecule has 0 spiro atoms. The Kier molecular flexibility index (Phi) is 7.06. The molecule has 2 aliphatic heterocycles. The van der Waals surface area contributed by atoms with Crippen LogP contribution in [0.2, 0.25) is 0 Å². The fourth-order valence-electron chi connectivity index (χ4n) is 3.70. The van der Waals surface area contributed by atoms with Gasteiger partial charge in [-0.05, 0) is 62.0 Å². The summed E-state index contributed by atoms with van der Waals surface area (Å²) in [5, 5.41) is 1.52. The minimum absolute atomic E-state index is 0.0794. The number of thiocarbonyl (C=S) groups is 1. The Bertz CT molecular complexity index is 1100. The van der Waals surface area contributed by atoms with Gasteiger partial charge < -0.3 is 19.1 Å². The van der Waals surface area contributed by atoms with E-state index < -0.39 is 0 Å². The Morgan fingerprint density at radius 2 is 1.85 bits per heavy atom. The molecule has 0 saturated carbocycles. The smallest absolute Gasteiger partial charge is 0.285 e. The molecule has 0 atom stereocenters. The van der Waals surface area contributed by atoms with Crippen molar-refractivity contribution in [3.63, 3.8) is 0 Å². The first-order chi connectivity index (χ1) is 15.9. The first-order valence-electron chi connectivity index (χ1n) is 10.5. The van der Waals surface area contributed by atoms with Gasteiger partial charge in [0.2, 0.25) is 0 Å². The molecular formula is C23H25N3O5S2. The van der Waals surface area contributed by atoms with E-state index in [1.54, 1.807) is 23.1 Å². The first-order valence-corrected chi connectivity index (χ1v) is 11.7. The minimum Gasteiger partial charge on any atom is -0.493 e. The molecule has 2 aliphatic rings. The van der Waals surface area contributed by atoms with Crippen LogP contribution >= 0.6 is 24.0 Å². The van der Waals surface area contributed by atoms with Crippen molar-refractivity contribution in [2.45, 2.75) is 13.8 Å². The third-order valence-corrected chi connectivity index (χ3v) is 6.69. The molecule has 3 heterocycles. The number of morpholine rings is 1. The molecule has 1 aromatic carbocycles. The molecule has 2 saturated heterocycles. The maximum atomic E-state index is 13.1. The van der Waals surface area contributed by atoms with Crippen LogP contribution in [0.5, 0.6) is 11.5 Å². The summed E-state index contributed by atoms with van der Waals surface area (Å²) in [6, 6.07) is 9.22. The molecule has 0 radical (unpaired) electrons. The number of aromatic nitrogens is 1. The summed E-state index contributed by atoms with van der Waals surface area (Å²) in [5.41, 5.74) is 2.62. The van der Waals surface area contributed by atoms with Crippen LogP contribution in [0.3, 0.4) is 0 Å². The van der Waals surface area contributed by atoms with Crippen LogP contribution in [0.1, 0.15) is 17.0 Å². The lowest BCUT2D eigenvalue weighted by molar-refractivity contribution is -0.137. The van der Waals surface area contributed by atoms with Crippen LogP contribution in [0, 0.1) is 13.8 Å². The van der Waals surface area contributed by atoms with Crippen molar-refractivity contribution < 1.29 is 23.8 Å². The molecule has 8 nitrogen and oxygen atoms in total. The lowest BCUT2D eigenvalue weighted by Crippen LogP contribution is -2.43. The van der Waals surface area contributed by atoms with Crippen molar-refractivity contribution in [1.82, 2.24) is 9.58 Å². The number of thioether (sulfide) groups is 1. The fourth-order valence-corrected chi connectivity index (χ4v) is 4.94. The van der Waals surface area contributed by atoms with Crippen LogP contribution in [-0.4, -0.2) is 65.7 Å². The van der Waals surface area contributed by atoms with E-state index in [-0.39, 0.29) is 18.4 Å². The van der Waals surface area contributed by atoms with Gasteiger partial charge in [-0.25, -0.2) is 0 Å². The summed E-state index contributed by atoms with van der Waals surface area (Å²) in [6.07, 6.45) is 1.78. The van der Waals surface area contributed by atoms with Gasteiger partial charge in [0.1, 0.15) is 0 Å². The van der Waals surface area contributed by atoms with Gasteiger partial charge in [-0.2, -0.15) is 5.01 Å². The number of hydrogen-bond acceptors (Lipinski definition) is 7. The number of methoxy groups -OCH3 is 1. The summed E-state index contributed by atoms with van der Waals surface area (Å²) in [6.45, 7) is 6.01. The average molecular weight is 488 g/mol. The molecule has 2 fully saturated rings. The zero-order valence-electron chi connectivity index (χ0n) is 18.7. The normalized spacial score (nSPS) is 17.7. The zero-order valence-corrected chi connectivity index (χ0v) is 20.3. The van der Waals surface area contributed by atoms with Crippen LogP contribution in [0.15, 0.2) is 35.2 Å². The highest BCUT2D eigenvalue weighted by molar-refractivity contribution is 8.27. The molecule has 0 N–H and O–H groups in total. The van der Waals surface area contributed by atoms with Crippen molar-refractivity contribution in [2.24, 2.45) is 0 Å². The molecule has 0 bridgehead atoms.